The lowest BCUT2D eigenvalue weighted by molar-refractivity contribution is -0.126. The number of hydrogen-bond donors (Lipinski definition) is 1. The van der Waals surface area contributed by atoms with Gasteiger partial charge in [0.1, 0.15) is 6.04 Å². The Morgan fingerprint density at radius 1 is 1.55 bits per heavy atom. The van der Waals surface area contributed by atoms with Crippen molar-refractivity contribution in [3.8, 4) is 0 Å². The van der Waals surface area contributed by atoms with Crippen molar-refractivity contribution in [1.82, 2.24) is 25.0 Å². The lowest BCUT2D eigenvalue weighted by Crippen LogP contribution is -2.46. The highest BCUT2D eigenvalue weighted by Crippen LogP contribution is 2.22. The van der Waals surface area contributed by atoms with Crippen LogP contribution in [-0.4, -0.2) is 38.2 Å². The molecule has 22 heavy (non-hydrogen) atoms. The van der Waals surface area contributed by atoms with Gasteiger partial charge in [-0.3, -0.25) is 14.4 Å². The maximum Gasteiger partial charge on any atom is 0.246 e. The molecule has 118 valence electrons. The number of rotatable bonds is 4. The molecule has 6 nitrogen and oxygen atoms in total. The zero-order valence-corrected chi connectivity index (χ0v) is 13.9. The number of carbonyl (C=O) groups excluding carboxylic acids is 1. The first-order valence-corrected chi connectivity index (χ1v) is 8.37. The third kappa shape index (κ3) is 3.20. The lowest BCUT2D eigenvalue weighted by Gasteiger charge is -2.33. The van der Waals surface area contributed by atoms with E-state index in [-0.39, 0.29) is 18.0 Å². The monoisotopic (exact) mass is 319 g/mol. The standard InChI is InChI=1S/C15H21N5OS/c1-10(2)17-15(21)14-8-19(6-12-9-22-11(3)18-12)7-13-4-5-16-20(13)14/h4-5,9-10,14H,6-8H2,1-3H3,(H,17,21)/t14-/m0/s1. The van der Waals surface area contributed by atoms with Crippen LogP contribution in [0.25, 0.3) is 0 Å². The summed E-state index contributed by atoms with van der Waals surface area (Å²) in [6.45, 7) is 8.17. The lowest BCUT2D eigenvalue weighted by atomic mass is 10.1. The molecule has 0 spiro atoms. The zero-order chi connectivity index (χ0) is 15.7. The minimum Gasteiger partial charge on any atom is -0.352 e. The molecule has 7 heteroatoms. The number of fused-ring (bicyclic) bond motifs is 1. The van der Waals surface area contributed by atoms with E-state index < -0.39 is 0 Å². The van der Waals surface area contributed by atoms with E-state index >= 15 is 0 Å². The average molecular weight is 319 g/mol. The van der Waals surface area contributed by atoms with Crippen LogP contribution < -0.4 is 5.32 Å². The predicted molar refractivity (Wildman–Crippen MR) is 85.5 cm³/mol. The Balaban J connectivity index is 1.77. The average Bonchev–Trinajstić information content (AvgIpc) is 3.06. The van der Waals surface area contributed by atoms with Crippen molar-refractivity contribution in [1.29, 1.82) is 0 Å². The molecular weight excluding hydrogens is 298 g/mol. The van der Waals surface area contributed by atoms with E-state index in [1.165, 1.54) is 0 Å². The first kappa shape index (κ1) is 15.2. The summed E-state index contributed by atoms with van der Waals surface area (Å²) in [5.41, 5.74) is 2.14. The smallest absolute Gasteiger partial charge is 0.246 e. The Morgan fingerprint density at radius 2 is 2.36 bits per heavy atom. The Bertz CT molecular complexity index is 662. The zero-order valence-electron chi connectivity index (χ0n) is 13.1. The van der Waals surface area contributed by atoms with Crippen molar-refractivity contribution in [2.24, 2.45) is 0 Å². The van der Waals surface area contributed by atoms with Crippen LogP contribution in [0, 0.1) is 6.92 Å². The topological polar surface area (TPSA) is 63.1 Å². The van der Waals surface area contributed by atoms with Gasteiger partial charge in [-0.15, -0.1) is 11.3 Å². The molecule has 0 bridgehead atoms. The number of hydrogen-bond acceptors (Lipinski definition) is 5. The quantitative estimate of drug-likeness (QED) is 0.932. The van der Waals surface area contributed by atoms with Crippen molar-refractivity contribution >= 4 is 17.2 Å². The molecule has 2 aromatic heterocycles. The number of thiazole rings is 1. The molecule has 1 aliphatic heterocycles. The van der Waals surface area contributed by atoms with E-state index in [1.54, 1.807) is 17.5 Å². The van der Waals surface area contributed by atoms with Crippen molar-refractivity contribution in [3.05, 3.63) is 34.0 Å². The van der Waals surface area contributed by atoms with Crippen LogP contribution in [-0.2, 0) is 17.9 Å². The minimum atomic E-state index is -0.277. The highest BCUT2D eigenvalue weighted by atomic mass is 32.1. The normalized spacial score (nSPS) is 18.5. The van der Waals surface area contributed by atoms with Gasteiger partial charge in [-0.2, -0.15) is 5.10 Å². The molecule has 0 saturated carbocycles. The fourth-order valence-electron chi connectivity index (χ4n) is 2.77. The largest absolute Gasteiger partial charge is 0.352 e. The van der Waals surface area contributed by atoms with Gasteiger partial charge < -0.3 is 5.32 Å². The van der Waals surface area contributed by atoms with Gasteiger partial charge in [0.25, 0.3) is 0 Å². The summed E-state index contributed by atoms with van der Waals surface area (Å²) in [5.74, 6) is 0.0270. The van der Waals surface area contributed by atoms with Crippen LogP contribution in [0.2, 0.25) is 0 Å². The second-order valence-electron chi connectivity index (χ2n) is 5.97. The summed E-state index contributed by atoms with van der Waals surface area (Å²) in [6.07, 6.45) is 1.77. The maximum absolute atomic E-state index is 12.5. The number of aryl methyl sites for hydroxylation is 1. The Hall–Kier alpha value is -1.73. The minimum absolute atomic E-state index is 0.0270. The number of aromatic nitrogens is 3. The van der Waals surface area contributed by atoms with Gasteiger partial charge >= 0.3 is 0 Å². The predicted octanol–water partition coefficient (Wildman–Crippen LogP) is 1.73. The van der Waals surface area contributed by atoms with E-state index in [4.69, 9.17) is 0 Å². The molecule has 0 aliphatic carbocycles. The molecule has 0 fully saturated rings. The van der Waals surface area contributed by atoms with Crippen LogP contribution in [0.4, 0.5) is 0 Å². The van der Waals surface area contributed by atoms with E-state index in [9.17, 15) is 4.79 Å². The van der Waals surface area contributed by atoms with Crippen molar-refractivity contribution < 1.29 is 4.79 Å². The molecule has 3 heterocycles. The highest BCUT2D eigenvalue weighted by molar-refractivity contribution is 7.09. The van der Waals surface area contributed by atoms with Gasteiger partial charge in [0.15, 0.2) is 0 Å². The van der Waals surface area contributed by atoms with E-state index in [0.717, 1.165) is 29.5 Å². The van der Waals surface area contributed by atoms with Crippen LogP contribution >= 0.6 is 11.3 Å². The third-order valence-electron chi connectivity index (χ3n) is 3.65. The molecular formula is C15H21N5OS. The third-order valence-corrected chi connectivity index (χ3v) is 4.47. The van der Waals surface area contributed by atoms with Crippen molar-refractivity contribution in [2.75, 3.05) is 6.54 Å². The summed E-state index contributed by atoms with van der Waals surface area (Å²) in [6, 6.07) is 1.83. The number of nitrogens with zero attached hydrogens (tertiary/aromatic N) is 4. The van der Waals surface area contributed by atoms with E-state index in [1.807, 2.05) is 31.5 Å². The van der Waals surface area contributed by atoms with Crippen molar-refractivity contribution in [2.45, 2.75) is 45.9 Å². The molecule has 2 aromatic rings. The van der Waals surface area contributed by atoms with Gasteiger partial charge in [0.2, 0.25) is 5.91 Å². The first-order chi connectivity index (χ1) is 10.5. The van der Waals surface area contributed by atoms with E-state index in [2.05, 4.69) is 25.7 Å². The van der Waals surface area contributed by atoms with Crippen LogP contribution in [0.5, 0.6) is 0 Å². The molecule has 0 radical (unpaired) electrons. The molecule has 0 aromatic carbocycles. The molecule has 1 amide bonds. The number of carbonyl (C=O) groups is 1. The SMILES string of the molecule is Cc1nc(CN2Cc3ccnn3[C@H](C(=O)NC(C)C)C2)cs1. The second-order valence-corrected chi connectivity index (χ2v) is 7.04. The summed E-state index contributed by atoms with van der Waals surface area (Å²) < 4.78 is 1.85. The van der Waals surface area contributed by atoms with Gasteiger partial charge in [0.05, 0.1) is 16.4 Å². The summed E-state index contributed by atoms with van der Waals surface area (Å²) >= 11 is 1.66. The van der Waals surface area contributed by atoms with Crippen LogP contribution in [0.1, 0.15) is 36.3 Å². The second kappa shape index (κ2) is 6.18. The first-order valence-electron chi connectivity index (χ1n) is 7.49. The number of nitrogens with one attached hydrogen (secondary N) is 1. The molecule has 1 aliphatic rings. The Morgan fingerprint density at radius 3 is 3.05 bits per heavy atom. The van der Waals surface area contributed by atoms with Crippen LogP contribution in [0.15, 0.2) is 17.6 Å². The van der Waals surface area contributed by atoms with Crippen LogP contribution in [0.3, 0.4) is 0 Å². The van der Waals surface area contributed by atoms with Gasteiger partial charge in [0, 0.05) is 37.3 Å². The van der Waals surface area contributed by atoms with Gasteiger partial charge in [-0.25, -0.2) is 4.98 Å². The Kier molecular flexibility index (Phi) is 4.26. The fourth-order valence-corrected chi connectivity index (χ4v) is 3.37. The number of amides is 1. The molecule has 3 rings (SSSR count). The summed E-state index contributed by atoms with van der Waals surface area (Å²) in [5, 5.41) is 10.5. The molecule has 1 N–H and O–H groups in total. The molecule has 0 unspecified atom stereocenters. The fraction of sp³-hybridized carbons (Fsp3) is 0.533. The summed E-state index contributed by atoms with van der Waals surface area (Å²) in [7, 11) is 0. The van der Waals surface area contributed by atoms with Gasteiger partial charge in [-0.05, 0) is 26.8 Å². The van der Waals surface area contributed by atoms with Gasteiger partial charge in [-0.1, -0.05) is 0 Å². The molecule has 0 saturated heterocycles. The van der Waals surface area contributed by atoms with E-state index in [0.29, 0.717) is 6.54 Å². The summed E-state index contributed by atoms with van der Waals surface area (Å²) in [4.78, 5) is 19.2. The van der Waals surface area contributed by atoms with Crippen molar-refractivity contribution in [3.63, 3.8) is 0 Å². The highest BCUT2D eigenvalue weighted by Gasteiger charge is 2.31. The molecule has 1 atom stereocenters. The Labute approximate surface area is 134 Å². The maximum atomic E-state index is 12.5.